The Labute approximate surface area is 196 Å². The van der Waals surface area contributed by atoms with E-state index in [9.17, 15) is 18.0 Å². The van der Waals surface area contributed by atoms with E-state index in [2.05, 4.69) is 0 Å². The summed E-state index contributed by atoms with van der Waals surface area (Å²) in [5, 5.41) is 0.0802. The van der Waals surface area contributed by atoms with Crippen LogP contribution in [0.2, 0.25) is 5.02 Å². The maximum absolute atomic E-state index is 13.2. The van der Waals surface area contributed by atoms with E-state index in [0.717, 1.165) is 55.7 Å². The number of esters is 1. The molecule has 3 rings (SSSR count). The molecule has 0 heterocycles. The SMILES string of the molecule is CN(C)S(=O)(=O)c1ccc(Cl)c(C(=O)OCC(=O)N(C2CCCCC2)C2CCCCC2)c1. The van der Waals surface area contributed by atoms with Crippen molar-refractivity contribution in [3.05, 3.63) is 28.8 Å². The zero-order chi connectivity index (χ0) is 23.3. The second-order valence-electron chi connectivity index (χ2n) is 8.89. The first-order valence-corrected chi connectivity index (χ1v) is 13.2. The minimum Gasteiger partial charge on any atom is -0.452 e. The summed E-state index contributed by atoms with van der Waals surface area (Å²) in [7, 11) is -0.915. The highest BCUT2D eigenvalue weighted by Crippen LogP contribution is 2.30. The van der Waals surface area contributed by atoms with Crippen molar-refractivity contribution in [1.82, 2.24) is 9.21 Å². The van der Waals surface area contributed by atoms with Gasteiger partial charge in [-0.3, -0.25) is 4.79 Å². The summed E-state index contributed by atoms with van der Waals surface area (Å²) in [4.78, 5) is 27.8. The highest BCUT2D eigenvalue weighted by molar-refractivity contribution is 7.89. The van der Waals surface area contributed by atoms with E-state index >= 15 is 0 Å². The van der Waals surface area contributed by atoms with E-state index < -0.39 is 16.0 Å². The maximum Gasteiger partial charge on any atom is 0.340 e. The lowest BCUT2D eigenvalue weighted by Crippen LogP contribution is -2.50. The molecule has 0 radical (unpaired) electrons. The third-order valence-electron chi connectivity index (χ3n) is 6.49. The van der Waals surface area contributed by atoms with Crippen molar-refractivity contribution in [2.45, 2.75) is 81.2 Å². The Morgan fingerprint density at radius 1 is 0.969 bits per heavy atom. The summed E-state index contributed by atoms with van der Waals surface area (Å²) in [5.41, 5.74) is -0.0655. The Morgan fingerprint density at radius 3 is 2.00 bits per heavy atom. The normalized spacial score (nSPS) is 18.5. The first-order valence-electron chi connectivity index (χ1n) is 11.4. The molecule has 2 aliphatic carbocycles. The average Bonchev–Trinajstić information content (AvgIpc) is 2.79. The van der Waals surface area contributed by atoms with Gasteiger partial charge in [-0.15, -0.1) is 0 Å². The zero-order valence-electron chi connectivity index (χ0n) is 18.9. The fraction of sp³-hybridized carbons (Fsp3) is 0.652. The van der Waals surface area contributed by atoms with Gasteiger partial charge >= 0.3 is 5.97 Å². The van der Waals surface area contributed by atoms with Crippen LogP contribution in [0.25, 0.3) is 0 Å². The van der Waals surface area contributed by atoms with Crippen molar-refractivity contribution in [2.75, 3.05) is 20.7 Å². The van der Waals surface area contributed by atoms with Crippen LogP contribution in [-0.2, 0) is 19.6 Å². The number of hydrogen-bond acceptors (Lipinski definition) is 5. The van der Waals surface area contributed by atoms with Gasteiger partial charge < -0.3 is 9.64 Å². The number of carbonyl (C=O) groups excluding carboxylic acids is 2. The number of ether oxygens (including phenoxy) is 1. The number of hydrogen-bond donors (Lipinski definition) is 0. The molecule has 0 bridgehead atoms. The van der Waals surface area contributed by atoms with Crippen LogP contribution in [0, 0.1) is 0 Å². The molecular formula is C23H33ClN2O5S. The molecule has 2 fully saturated rings. The first kappa shape index (κ1) is 25.0. The number of benzene rings is 1. The van der Waals surface area contributed by atoms with Crippen molar-refractivity contribution >= 4 is 33.5 Å². The van der Waals surface area contributed by atoms with Gasteiger partial charge in [0.15, 0.2) is 6.61 Å². The van der Waals surface area contributed by atoms with Crippen LogP contribution in [0.4, 0.5) is 0 Å². The van der Waals surface area contributed by atoms with Crippen molar-refractivity contribution < 1.29 is 22.7 Å². The number of sulfonamides is 1. The molecule has 0 atom stereocenters. The lowest BCUT2D eigenvalue weighted by Gasteiger charge is -2.41. The minimum absolute atomic E-state index is 0.0591. The maximum atomic E-state index is 13.2. The molecule has 0 unspecified atom stereocenters. The summed E-state index contributed by atoms with van der Waals surface area (Å²) in [6.45, 7) is -0.368. The smallest absolute Gasteiger partial charge is 0.340 e. The molecule has 7 nitrogen and oxygen atoms in total. The molecule has 178 valence electrons. The van der Waals surface area contributed by atoms with E-state index in [0.29, 0.717) is 0 Å². The lowest BCUT2D eigenvalue weighted by atomic mass is 9.88. The van der Waals surface area contributed by atoms with Crippen LogP contribution >= 0.6 is 11.6 Å². The van der Waals surface area contributed by atoms with Crippen LogP contribution in [0.1, 0.15) is 74.6 Å². The summed E-state index contributed by atoms with van der Waals surface area (Å²) < 4.78 is 31.2. The van der Waals surface area contributed by atoms with E-state index in [1.165, 1.54) is 45.1 Å². The van der Waals surface area contributed by atoms with Gasteiger partial charge in [0, 0.05) is 26.2 Å². The molecule has 32 heavy (non-hydrogen) atoms. The van der Waals surface area contributed by atoms with Gasteiger partial charge in [-0.2, -0.15) is 0 Å². The van der Waals surface area contributed by atoms with Crippen molar-refractivity contribution in [3.63, 3.8) is 0 Å². The third kappa shape index (κ3) is 5.83. The number of carbonyl (C=O) groups is 2. The van der Waals surface area contributed by atoms with E-state index in [4.69, 9.17) is 16.3 Å². The number of halogens is 1. The summed E-state index contributed by atoms with van der Waals surface area (Å²) in [5.74, 6) is -0.975. The topological polar surface area (TPSA) is 84.0 Å². The minimum atomic E-state index is -3.73. The molecule has 0 spiro atoms. The van der Waals surface area contributed by atoms with Crippen LogP contribution in [-0.4, -0.2) is 62.3 Å². The zero-order valence-corrected chi connectivity index (χ0v) is 20.5. The lowest BCUT2D eigenvalue weighted by molar-refractivity contribution is -0.141. The number of amides is 1. The molecule has 1 aromatic carbocycles. The van der Waals surface area contributed by atoms with E-state index in [1.54, 1.807) is 0 Å². The molecule has 1 amide bonds. The first-order chi connectivity index (χ1) is 15.2. The molecule has 0 aliphatic heterocycles. The molecular weight excluding hydrogens is 452 g/mol. The number of nitrogens with zero attached hydrogens (tertiary/aromatic N) is 2. The average molecular weight is 485 g/mol. The predicted octanol–water partition coefficient (Wildman–Crippen LogP) is 4.24. The van der Waals surface area contributed by atoms with Gasteiger partial charge in [-0.05, 0) is 43.9 Å². The molecule has 0 saturated heterocycles. The third-order valence-corrected chi connectivity index (χ3v) is 8.63. The molecule has 0 aromatic heterocycles. The van der Waals surface area contributed by atoms with E-state index in [1.807, 2.05) is 4.90 Å². The fourth-order valence-corrected chi connectivity index (χ4v) is 5.86. The van der Waals surface area contributed by atoms with Gasteiger partial charge in [0.05, 0.1) is 15.5 Å². The quantitative estimate of drug-likeness (QED) is 0.540. The van der Waals surface area contributed by atoms with Gasteiger partial charge in [-0.1, -0.05) is 50.1 Å². The Kier molecular flexibility index (Phi) is 8.58. The van der Waals surface area contributed by atoms with Gasteiger partial charge in [0.1, 0.15) is 0 Å². The Balaban J connectivity index is 1.72. The molecule has 2 saturated carbocycles. The van der Waals surface area contributed by atoms with Gasteiger partial charge in [0.25, 0.3) is 5.91 Å². The second-order valence-corrected chi connectivity index (χ2v) is 11.4. The second kappa shape index (κ2) is 11.0. The molecule has 9 heteroatoms. The molecule has 2 aliphatic rings. The fourth-order valence-electron chi connectivity index (χ4n) is 4.74. The largest absolute Gasteiger partial charge is 0.452 e. The summed E-state index contributed by atoms with van der Waals surface area (Å²) >= 11 is 6.14. The Morgan fingerprint density at radius 2 is 1.50 bits per heavy atom. The molecule has 1 aromatic rings. The standard InChI is InChI=1S/C23H33ClN2O5S/c1-25(2)32(29,30)19-13-14-21(24)20(15-19)23(28)31-16-22(27)26(17-9-5-3-6-10-17)18-11-7-4-8-12-18/h13-15,17-18H,3-12,16H2,1-2H3. The number of rotatable bonds is 7. The predicted molar refractivity (Wildman–Crippen MR) is 123 cm³/mol. The van der Waals surface area contributed by atoms with Crippen LogP contribution < -0.4 is 0 Å². The van der Waals surface area contributed by atoms with Crippen molar-refractivity contribution in [2.24, 2.45) is 0 Å². The highest BCUT2D eigenvalue weighted by atomic mass is 35.5. The van der Waals surface area contributed by atoms with Crippen molar-refractivity contribution in [3.8, 4) is 0 Å². The summed E-state index contributed by atoms with van der Waals surface area (Å²) in [6, 6.07) is 4.30. The van der Waals surface area contributed by atoms with Crippen molar-refractivity contribution in [1.29, 1.82) is 0 Å². The van der Waals surface area contributed by atoms with Gasteiger partial charge in [-0.25, -0.2) is 17.5 Å². The van der Waals surface area contributed by atoms with Crippen LogP contribution in [0.15, 0.2) is 23.1 Å². The summed E-state index contributed by atoms with van der Waals surface area (Å²) in [6.07, 6.45) is 10.8. The Hall–Kier alpha value is -1.64. The highest BCUT2D eigenvalue weighted by Gasteiger charge is 2.33. The van der Waals surface area contributed by atoms with Crippen LogP contribution in [0.5, 0.6) is 0 Å². The van der Waals surface area contributed by atoms with Crippen LogP contribution in [0.3, 0.4) is 0 Å². The molecule has 0 N–H and O–H groups in total. The van der Waals surface area contributed by atoms with Gasteiger partial charge in [0.2, 0.25) is 10.0 Å². The Bertz CT molecular complexity index is 904. The van der Waals surface area contributed by atoms with E-state index in [-0.39, 0.29) is 40.1 Å². The monoisotopic (exact) mass is 484 g/mol.